The van der Waals surface area contributed by atoms with E-state index in [9.17, 15) is 8.42 Å². The Labute approximate surface area is 136 Å². The van der Waals surface area contributed by atoms with Gasteiger partial charge < -0.3 is 5.32 Å². The molecule has 2 rings (SSSR count). The molecular weight excluding hydrogens is 352 g/mol. The summed E-state index contributed by atoms with van der Waals surface area (Å²) in [4.78, 5) is 0.375. The van der Waals surface area contributed by atoms with Crippen molar-refractivity contribution in [2.45, 2.75) is 44.0 Å². The maximum Gasteiger partial charge on any atom is 0.244 e. The Hall–Kier alpha value is -0.430. The van der Waals surface area contributed by atoms with Gasteiger partial charge in [-0.15, -0.1) is 0 Å². The summed E-state index contributed by atoms with van der Waals surface area (Å²) in [5.41, 5.74) is 1.05. The summed E-state index contributed by atoms with van der Waals surface area (Å²) in [6.07, 6.45) is 2.58. The van der Waals surface area contributed by atoms with Crippen molar-refractivity contribution in [1.82, 2.24) is 9.62 Å². The average Bonchev–Trinajstić information content (AvgIpc) is 2.45. The first-order valence-corrected chi connectivity index (χ1v) is 9.69. The number of nitrogens with one attached hydrogen (secondary N) is 1. The SMILES string of the molecule is CCCN(C1CCNCC1)S(=O)(=O)c1ccc(C)cc1Br. The number of piperidine rings is 1. The van der Waals surface area contributed by atoms with Gasteiger partial charge in [-0.05, 0) is 72.9 Å². The van der Waals surface area contributed by atoms with Crippen LogP contribution in [0.1, 0.15) is 31.7 Å². The summed E-state index contributed by atoms with van der Waals surface area (Å²) in [7, 11) is -3.45. The maximum atomic E-state index is 13.0. The third-order valence-electron chi connectivity index (χ3n) is 3.83. The van der Waals surface area contributed by atoms with Crippen molar-refractivity contribution in [1.29, 1.82) is 0 Å². The summed E-state index contributed by atoms with van der Waals surface area (Å²) >= 11 is 3.41. The van der Waals surface area contributed by atoms with Crippen molar-refractivity contribution < 1.29 is 8.42 Å². The lowest BCUT2D eigenvalue weighted by atomic mass is 10.1. The fourth-order valence-electron chi connectivity index (χ4n) is 2.76. The molecule has 0 unspecified atom stereocenters. The normalized spacial score (nSPS) is 17.3. The lowest BCUT2D eigenvalue weighted by Gasteiger charge is -2.33. The van der Waals surface area contributed by atoms with Crippen LogP contribution in [0.25, 0.3) is 0 Å². The van der Waals surface area contributed by atoms with E-state index in [2.05, 4.69) is 21.2 Å². The minimum atomic E-state index is -3.45. The van der Waals surface area contributed by atoms with Crippen LogP contribution < -0.4 is 5.32 Å². The van der Waals surface area contributed by atoms with E-state index in [1.165, 1.54) is 0 Å². The molecule has 1 fully saturated rings. The van der Waals surface area contributed by atoms with Gasteiger partial charge >= 0.3 is 0 Å². The summed E-state index contributed by atoms with van der Waals surface area (Å²) in [5.74, 6) is 0. The second kappa shape index (κ2) is 7.22. The molecule has 1 saturated heterocycles. The first-order valence-electron chi connectivity index (χ1n) is 7.45. The summed E-state index contributed by atoms with van der Waals surface area (Å²) in [6.45, 7) is 6.32. The van der Waals surface area contributed by atoms with Crippen molar-refractivity contribution in [3.8, 4) is 0 Å². The van der Waals surface area contributed by atoms with E-state index in [1.807, 2.05) is 26.0 Å². The fourth-order valence-corrected chi connectivity index (χ4v) is 5.69. The van der Waals surface area contributed by atoms with E-state index in [-0.39, 0.29) is 6.04 Å². The van der Waals surface area contributed by atoms with Crippen molar-refractivity contribution in [2.24, 2.45) is 0 Å². The van der Waals surface area contributed by atoms with Gasteiger partial charge in [-0.2, -0.15) is 4.31 Å². The number of rotatable bonds is 5. The maximum absolute atomic E-state index is 13.0. The first kappa shape index (κ1) is 16.9. The Morgan fingerprint density at radius 3 is 2.57 bits per heavy atom. The molecular formula is C15H23BrN2O2S. The van der Waals surface area contributed by atoms with Crippen molar-refractivity contribution >= 4 is 26.0 Å². The van der Waals surface area contributed by atoms with E-state index in [0.717, 1.165) is 37.9 Å². The highest BCUT2D eigenvalue weighted by molar-refractivity contribution is 9.10. The zero-order valence-electron chi connectivity index (χ0n) is 12.6. The molecule has 1 N–H and O–H groups in total. The highest BCUT2D eigenvalue weighted by atomic mass is 79.9. The van der Waals surface area contributed by atoms with Crippen molar-refractivity contribution in [3.05, 3.63) is 28.2 Å². The molecule has 21 heavy (non-hydrogen) atoms. The van der Waals surface area contributed by atoms with Crippen molar-refractivity contribution in [3.63, 3.8) is 0 Å². The van der Waals surface area contributed by atoms with Crippen LogP contribution >= 0.6 is 15.9 Å². The fraction of sp³-hybridized carbons (Fsp3) is 0.600. The van der Waals surface area contributed by atoms with Crippen LogP contribution in [0, 0.1) is 6.92 Å². The third-order valence-corrected chi connectivity index (χ3v) is 6.76. The van der Waals surface area contributed by atoms with Gasteiger partial charge in [-0.1, -0.05) is 13.0 Å². The Balaban J connectivity index is 2.36. The van der Waals surface area contributed by atoms with Crippen LogP contribution in [-0.2, 0) is 10.0 Å². The molecule has 0 radical (unpaired) electrons. The molecule has 0 saturated carbocycles. The quantitative estimate of drug-likeness (QED) is 0.861. The van der Waals surface area contributed by atoms with Gasteiger partial charge in [0.2, 0.25) is 10.0 Å². The minimum Gasteiger partial charge on any atom is -0.317 e. The Morgan fingerprint density at radius 1 is 1.33 bits per heavy atom. The average molecular weight is 375 g/mol. The topological polar surface area (TPSA) is 49.4 Å². The predicted octanol–water partition coefficient (Wildman–Crippen LogP) is 2.91. The molecule has 0 atom stereocenters. The molecule has 1 heterocycles. The van der Waals surface area contributed by atoms with Crippen LogP contribution in [0.3, 0.4) is 0 Å². The van der Waals surface area contributed by atoms with Gasteiger partial charge in [0.15, 0.2) is 0 Å². The number of hydrogen-bond donors (Lipinski definition) is 1. The van der Waals surface area contributed by atoms with E-state index in [4.69, 9.17) is 0 Å². The number of nitrogens with zero attached hydrogens (tertiary/aromatic N) is 1. The standard InChI is InChI=1S/C15H23BrN2O2S/c1-3-10-18(13-6-8-17-9-7-13)21(19,20)15-5-4-12(2)11-14(15)16/h4-5,11,13,17H,3,6-10H2,1-2H3. The largest absolute Gasteiger partial charge is 0.317 e. The highest BCUT2D eigenvalue weighted by Crippen LogP contribution is 2.29. The molecule has 0 aliphatic carbocycles. The van der Waals surface area contributed by atoms with E-state index >= 15 is 0 Å². The van der Waals surface area contributed by atoms with Gasteiger partial charge in [0.05, 0.1) is 4.90 Å². The van der Waals surface area contributed by atoms with Gasteiger partial charge in [-0.3, -0.25) is 0 Å². The molecule has 6 heteroatoms. The van der Waals surface area contributed by atoms with Gasteiger partial charge in [0.25, 0.3) is 0 Å². The van der Waals surface area contributed by atoms with Crippen LogP contribution in [0.4, 0.5) is 0 Å². The monoisotopic (exact) mass is 374 g/mol. The predicted molar refractivity (Wildman–Crippen MR) is 89.0 cm³/mol. The summed E-state index contributed by atoms with van der Waals surface area (Å²) in [6, 6.07) is 5.52. The summed E-state index contributed by atoms with van der Waals surface area (Å²) < 4.78 is 28.4. The Bertz CT molecular complexity index is 583. The first-order chi connectivity index (χ1) is 9.96. The third kappa shape index (κ3) is 3.86. The molecule has 0 amide bonds. The molecule has 118 valence electrons. The lowest BCUT2D eigenvalue weighted by Crippen LogP contribution is -2.46. The van der Waals surface area contributed by atoms with Crippen LogP contribution in [0.5, 0.6) is 0 Å². The molecule has 0 bridgehead atoms. The lowest BCUT2D eigenvalue weighted by molar-refractivity contribution is 0.262. The molecule has 1 aliphatic heterocycles. The smallest absolute Gasteiger partial charge is 0.244 e. The van der Waals surface area contributed by atoms with Crippen LogP contribution in [-0.4, -0.2) is 38.4 Å². The minimum absolute atomic E-state index is 0.101. The zero-order valence-corrected chi connectivity index (χ0v) is 15.0. The van der Waals surface area contributed by atoms with E-state index < -0.39 is 10.0 Å². The van der Waals surface area contributed by atoms with Crippen molar-refractivity contribution in [2.75, 3.05) is 19.6 Å². The zero-order chi connectivity index (χ0) is 15.5. The van der Waals surface area contributed by atoms with Crippen LogP contribution in [0.2, 0.25) is 0 Å². The molecule has 4 nitrogen and oxygen atoms in total. The van der Waals surface area contributed by atoms with Gasteiger partial charge in [0, 0.05) is 17.1 Å². The second-order valence-electron chi connectivity index (χ2n) is 5.53. The second-order valence-corrected chi connectivity index (χ2v) is 8.24. The molecule has 1 aromatic rings. The Morgan fingerprint density at radius 2 is 2.00 bits per heavy atom. The number of hydrogen-bond acceptors (Lipinski definition) is 3. The Kier molecular flexibility index (Phi) is 5.82. The van der Waals surface area contributed by atoms with E-state index in [0.29, 0.717) is 15.9 Å². The van der Waals surface area contributed by atoms with Gasteiger partial charge in [-0.25, -0.2) is 8.42 Å². The highest BCUT2D eigenvalue weighted by Gasteiger charge is 2.32. The molecule has 1 aromatic carbocycles. The van der Waals surface area contributed by atoms with Gasteiger partial charge in [0.1, 0.15) is 0 Å². The number of benzene rings is 1. The molecule has 1 aliphatic rings. The molecule has 0 aromatic heterocycles. The number of halogens is 1. The number of aryl methyl sites for hydroxylation is 1. The number of sulfonamides is 1. The summed E-state index contributed by atoms with van der Waals surface area (Å²) in [5, 5.41) is 3.29. The van der Waals surface area contributed by atoms with Crippen LogP contribution in [0.15, 0.2) is 27.6 Å². The van der Waals surface area contributed by atoms with E-state index in [1.54, 1.807) is 10.4 Å². The molecule has 0 spiro atoms.